The van der Waals surface area contributed by atoms with Gasteiger partial charge in [-0.25, -0.2) is 4.79 Å². The number of cyclic esters (lactones) is 1. The Morgan fingerprint density at radius 3 is 2.46 bits per heavy atom. The fourth-order valence-corrected chi connectivity index (χ4v) is 4.71. The number of hydrogen-bond donors (Lipinski definition) is 1. The van der Waals surface area contributed by atoms with E-state index in [1.807, 2.05) is 53.4 Å². The maximum absolute atomic E-state index is 12.5. The van der Waals surface area contributed by atoms with Gasteiger partial charge in [0, 0.05) is 23.0 Å². The van der Waals surface area contributed by atoms with Crippen LogP contribution in [0.2, 0.25) is 5.02 Å². The molecule has 2 aromatic rings. The summed E-state index contributed by atoms with van der Waals surface area (Å²) in [5, 5.41) is 0.747. The van der Waals surface area contributed by atoms with Gasteiger partial charge in [0.15, 0.2) is 0 Å². The molecule has 6 heteroatoms. The second-order valence-corrected chi connectivity index (χ2v) is 8.10. The Bertz CT molecular complexity index is 807. The van der Waals surface area contributed by atoms with E-state index >= 15 is 0 Å². The van der Waals surface area contributed by atoms with Gasteiger partial charge >= 0.3 is 6.09 Å². The van der Waals surface area contributed by atoms with Crippen LogP contribution in [0.3, 0.4) is 0 Å². The summed E-state index contributed by atoms with van der Waals surface area (Å²) in [6, 6.07) is 18.2. The Labute approximate surface area is 177 Å². The van der Waals surface area contributed by atoms with Crippen LogP contribution >= 0.6 is 24.0 Å². The molecule has 1 amide bonds. The fourth-order valence-electron chi connectivity index (χ4n) is 4.51. The van der Waals surface area contributed by atoms with Crippen LogP contribution in [0.1, 0.15) is 42.9 Å². The van der Waals surface area contributed by atoms with Crippen LogP contribution in [-0.4, -0.2) is 30.1 Å². The number of amides is 1. The van der Waals surface area contributed by atoms with Crippen molar-refractivity contribution in [2.24, 2.45) is 5.73 Å². The molecular weight excluding hydrogens is 395 g/mol. The highest BCUT2D eigenvalue weighted by Crippen LogP contribution is 2.42. The molecule has 0 radical (unpaired) electrons. The fraction of sp³-hybridized carbons (Fsp3) is 0.409. The van der Waals surface area contributed by atoms with Gasteiger partial charge in [-0.2, -0.15) is 0 Å². The van der Waals surface area contributed by atoms with E-state index in [1.165, 1.54) is 5.56 Å². The van der Waals surface area contributed by atoms with Gasteiger partial charge in [0.05, 0.1) is 6.54 Å². The monoisotopic (exact) mass is 420 g/mol. The zero-order valence-corrected chi connectivity index (χ0v) is 17.3. The molecule has 4 nitrogen and oxygen atoms in total. The van der Waals surface area contributed by atoms with E-state index in [0.717, 1.165) is 36.3 Å². The maximum atomic E-state index is 12.5. The summed E-state index contributed by atoms with van der Waals surface area (Å²) in [5.74, 6) is 0. The minimum absolute atomic E-state index is 0. The molecule has 1 saturated carbocycles. The van der Waals surface area contributed by atoms with E-state index in [1.54, 1.807) is 0 Å². The van der Waals surface area contributed by atoms with E-state index < -0.39 is 0 Å². The molecule has 2 fully saturated rings. The molecule has 1 aliphatic carbocycles. The molecule has 2 N–H and O–H groups in total. The minimum Gasteiger partial charge on any atom is -0.439 e. The van der Waals surface area contributed by atoms with E-state index in [0.29, 0.717) is 13.1 Å². The maximum Gasteiger partial charge on any atom is 0.410 e. The Morgan fingerprint density at radius 1 is 1.11 bits per heavy atom. The number of rotatable bonds is 4. The van der Waals surface area contributed by atoms with Crippen LogP contribution in [0.25, 0.3) is 0 Å². The number of hydrogen-bond acceptors (Lipinski definition) is 3. The van der Waals surface area contributed by atoms with Gasteiger partial charge in [-0.15, -0.1) is 12.4 Å². The van der Waals surface area contributed by atoms with Crippen LogP contribution in [0.15, 0.2) is 54.6 Å². The predicted octanol–water partition coefficient (Wildman–Crippen LogP) is 5.09. The smallest absolute Gasteiger partial charge is 0.410 e. The number of nitrogens with two attached hydrogens (primary N) is 1. The van der Waals surface area contributed by atoms with Crippen molar-refractivity contribution in [3.63, 3.8) is 0 Å². The van der Waals surface area contributed by atoms with E-state index in [2.05, 4.69) is 6.07 Å². The van der Waals surface area contributed by atoms with Crippen molar-refractivity contribution >= 4 is 30.1 Å². The first-order valence-electron chi connectivity index (χ1n) is 9.60. The molecule has 28 heavy (non-hydrogen) atoms. The first-order chi connectivity index (χ1) is 13.1. The summed E-state index contributed by atoms with van der Waals surface area (Å²) >= 11 is 6.20. The quantitative estimate of drug-likeness (QED) is 0.748. The van der Waals surface area contributed by atoms with Crippen LogP contribution in [0, 0.1) is 0 Å². The SMILES string of the molecule is Cl.NC[C@]1(c2cccc(Cl)c2)CC[C@@H](N2C[C@@H](c3ccccc3)OC2=O)CC1. The standard InChI is InChI=1S/C22H25ClN2O2.ClH/c23-18-8-4-7-17(13-18)22(15-24)11-9-19(10-12-22)25-14-20(27-21(25)26)16-5-2-1-3-6-16;/h1-8,13,19-20H,9-12,14-15,24H2;1H/t19-,20-,22+;/m0./s1. The third-order valence-electron chi connectivity index (χ3n) is 6.19. The predicted molar refractivity (Wildman–Crippen MR) is 114 cm³/mol. The third kappa shape index (κ3) is 4.00. The van der Waals surface area contributed by atoms with Crippen LogP contribution < -0.4 is 5.73 Å². The van der Waals surface area contributed by atoms with Crippen molar-refractivity contribution in [3.05, 3.63) is 70.7 Å². The summed E-state index contributed by atoms with van der Waals surface area (Å²) < 4.78 is 5.64. The molecule has 150 valence electrons. The number of ether oxygens (including phenoxy) is 1. The first-order valence-corrected chi connectivity index (χ1v) is 9.97. The van der Waals surface area contributed by atoms with Crippen molar-refractivity contribution in [2.75, 3.05) is 13.1 Å². The summed E-state index contributed by atoms with van der Waals surface area (Å²) in [4.78, 5) is 14.4. The van der Waals surface area contributed by atoms with Gasteiger partial charge in [-0.3, -0.25) is 0 Å². The second-order valence-electron chi connectivity index (χ2n) is 7.66. The molecule has 0 bridgehead atoms. The molecular formula is C22H26Cl2N2O2. The van der Waals surface area contributed by atoms with Gasteiger partial charge in [0.25, 0.3) is 0 Å². The van der Waals surface area contributed by atoms with Crippen molar-refractivity contribution in [1.82, 2.24) is 4.90 Å². The number of carbonyl (C=O) groups excluding carboxylic acids is 1. The Hall–Kier alpha value is -1.75. The highest BCUT2D eigenvalue weighted by Gasteiger charge is 2.42. The molecule has 2 aromatic carbocycles. The second kappa shape index (κ2) is 8.73. The van der Waals surface area contributed by atoms with Crippen molar-refractivity contribution in [3.8, 4) is 0 Å². The minimum atomic E-state index is -0.197. The molecule has 1 heterocycles. The lowest BCUT2D eigenvalue weighted by Gasteiger charge is -2.42. The summed E-state index contributed by atoms with van der Waals surface area (Å²) in [6.45, 7) is 1.22. The van der Waals surface area contributed by atoms with E-state index in [-0.39, 0.29) is 36.1 Å². The van der Waals surface area contributed by atoms with Crippen molar-refractivity contribution < 1.29 is 9.53 Å². The van der Waals surface area contributed by atoms with Crippen LogP contribution in [0.5, 0.6) is 0 Å². The normalized spacial score (nSPS) is 27.2. The molecule has 2 aliphatic rings. The highest BCUT2D eigenvalue weighted by molar-refractivity contribution is 6.30. The summed E-state index contributed by atoms with van der Waals surface area (Å²) in [6.07, 6.45) is 3.40. The molecule has 4 rings (SSSR count). The lowest BCUT2D eigenvalue weighted by atomic mass is 9.68. The van der Waals surface area contributed by atoms with Crippen molar-refractivity contribution in [2.45, 2.75) is 43.2 Å². The summed E-state index contributed by atoms with van der Waals surface area (Å²) in [7, 11) is 0. The molecule has 0 unspecified atom stereocenters. The number of halogens is 2. The van der Waals surface area contributed by atoms with Gasteiger partial charge in [-0.05, 0) is 48.9 Å². The molecule has 1 saturated heterocycles. The number of benzene rings is 2. The third-order valence-corrected chi connectivity index (χ3v) is 6.43. The Morgan fingerprint density at radius 2 is 1.82 bits per heavy atom. The Kier molecular flexibility index (Phi) is 6.54. The van der Waals surface area contributed by atoms with E-state index in [9.17, 15) is 4.79 Å². The van der Waals surface area contributed by atoms with Crippen molar-refractivity contribution in [1.29, 1.82) is 0 Å². The van der Waals surface area contributed by atoms with Crippen LogP contribution in [0.4, 0.5) is 4.79 Å². The summed E-state index contributed by atoms with van der Waals surface area (Å²) in [5.41, 5.74) is 8.41. The lowest BCUT2D eigenvalue weighted by Crippen LogP contribution is -2.45. The number of carbonyl (C=O) groups is 1. The number of nitrogens with zero attached hydrogens (tertiary/aromatic N) is 1. The topological polar surface area (TPSA) is 55.6 Å². The lowest BCUT2D eigenvalue weighted by molar-refractivity contribution is 0.117. The van der Waals surface area contributed by atoms with Gasteiger partial charge < -0.3 is 15.4 Å². The van der Waals surface area contributed by atoms with Gasteiger partial charge in [0.1, 0.15) is 6.10 Å². The molecule has 0 aromatic heterocycles. The highest BCUT2D eigenvalue weighted by atomic mass is 35.5. The zero-order chi connectivity index (χ0) is 18.9. The van der Waals surface area contributed by atoms with Crippen LogP contribution in [-0.2, 0) is 10.2 Å². The Balaban J connectivity index is 0.00000225. The first kappa shape index (κ1) is 21.0. The van der Waals surface area contributed by atoms with Gasteiger partial charge in [-0.1, -0.05) is 54.1 Å². The van der Waals surface area contributed by atoms with E-state index in [4.69, 9.17) is 22.1 Å². The van der Waals surface area contributed by atoms with Gasteiger partial charge in [0.2, 0.25) is 0 Å². The molecule has 1 atom stereocenters. The molecule has 1 aliphatic heterocycles. The average molecular weight is 421 g/mol. The molecule has 0 spiro atoms. The average Bonchev–Trinajstić information content (AvgIpc) is 3.10. The zero-order valence-electron chi connectivity index (χ0n) is 15.7. The largest absolute Gasteiger partial charge is 0.439 e.